The summed E-state index contributed by atoms with van der Waals surface area (Å²) in [5, 5.41) is 3.17. The Balaban J connectivity index is 1.36. The first-order valence-corrected chi connectivity index (χ1v) is 9.59. The first-order chi connectivity index (χ1) is 12.2. The number of nitrogens with one attached hydrogen (secondary N) is 2. The largest absolute Gasteiger partial charge is 0.469 e. The van der Waals surface area contributed by atoms with Crippen LogP contribution in [0.15, 0.2) is 16.7 Å². The van der Waals surface area contributed by atoms with E-state index in [0.717, 1.165) is 30.6 Å². The van der Waals surface area contributed by atoms with Gasteiger partial charge in [0, 0.05) is 24.1 Å². The number of fused-ring (bicyclic) bond motifs is 1. The molecule has 0 radical (unpaired) electrons. The molecule has 0 bridgehead atoms. The van der Waals surface area contributed by atoms with Gasteiger partial charge in [0.25, 0.3) is 0 Å². The molecule has 2 aromatic heterocycles. The van der Waals surface area contributed by atoms with E-state index in [9.17, 15) is 4.79 Å². The molecule has 0 spiro atoms. The zero-order valence-corrected chi connectivity index (χ0v) is 14.9. The lowest BCUT2D eigenvalue weighted by Gasteiger charge is -2.22. The number of aromatic nitrogens is 2. The Morgan fingerprint density at radius 2 is 2.16 bits per heavy atom. The maximum absolute atomic E-state index is 12.3. The molecule has 0 saturated heterocycles. The van der Waals surface area contributed by atoms with Gasteiger partial charge in [0.2, 0.25) is 5.91 Å². The first kappa shape index (κ1) is 16.4. The van der Waals surface area contributed by atoms with E-state index < -0.39 is 0 Å². The SMILES string of the molecule is Cc1ccoc1CC(=O)NC1CCc2nc(C3CCCCC3)[nH]c2C1. The molecule has 2 aromatic rings. The summed E-state index contributed by atoms with van der Waals surface area (Å²) in [6, 6.07) is 2.09. The third kappa shape index (κ3) is 3.65. The number of carbonyl (C=O) groups is 1. The number of amides is 1. The quantitative estimate of drug-likeness (QED) is 0.893. The fourth-order valence-corrected chi connectivity index (χ4v) is 4.20. The molecule has 4 rings (SSSR count). The van der Waals surface area contributed by atoms with Gasteiger partial charge >= 0.3 is 0 Å². The molecule has 2 aliphatic carbocycles. The maximum atomic E-state index is 12.3. The van der Waals surface area contributed by atoms with Crippen molar-refractivity contribution in [3.63, 3.8) is 0 Å². The Labute approximate surface area is 148 Å². The van der Waals surface area contributed by atoms with E-state index in [-0.39, 0.29) is 11.9 Å². The zero-order valence-electron chi connectivity index (χ0n) is 14.9. The summed E-state index contributed by atoms with van der Waals surface area (Å²) >= 11 is 0. The van der Waals surface area contributed by atoms with Gasteiger partial charge in [-0.15, -0.1) is 0 Å². The number of furan rings is 1. The number of aryl methyl sites for hydroxylation is 2. The standard InChI is InChI=1S/C20H27N3O2/c1-13-9-10-25-18(13)12-19(24)21-15-7-8-16-17(11-15)23-20(22-16)14-5-3-2-4-6-14/h9-10,14-15H,2-8,11-12H2,1H3,(H,21,24)(H,22,23). The number of hydrogen-bond donors (Lipinski definition) is 2. The summed E-state index contributed by atoms with van der Waals surface area (Å²) in [5.41, 5.74) is 3.48. The van der Waals surface area contributed by atoms with E-state index in [1.165, 1.54) is 49.3 Å². The molecule has 25 heavy (non-hydrogen) atoms. The topological polar surface area (TPSA) is 70.9 Å². The second-order valence-electron chi connectivity index (χ2n) is 7.59. The average molecular weight is 341 g/mol. The Bertz CT molecular complexity index is 740. The van der Waals surface area contributed by atoms with Gasteiger partial charge in [-0.1, -0.05) is 19.3 Å². The van der Waals surface area contributed by atoms with Crippen molar-refractivity contribution >= 4 is 5.91 Å². The van der Waals surface area contributed by atoms with Crippen LogP contribution in [0, 0.1) is 6.92 Å². The zero-order chi connectivity index (χ0) is 17.2. The molecule has 1 amide bonds. The summed E-state index contributed by atoms with van der Waals surface area (Å²) in [6.45, 7) is 1.97. The van der Waals surface area contributed by atoms with E-state index in [1.54, 1.807) is 6.26 Å². The predicted octanol–water partition coefficient (Wildman–Crippen LogP) is 3.58. The molecule has 0 aromatic carbocycles. The highest BCUT2D eigenvalue weighted by Gasteiger charge is 2.26. The third-order valence-corrected chi connectivity index (χ3v) is 5.71. The number of imidazole rings is 1. The van der Waals surface area contributed by atoms with Crippen LogP contribution >= 0.6 is 0 Å². The van der Waals surface area contributed by atoms with E-state index >= 15 is 0 Å². The van der Waals surface area contributed by atoms with Crippen molar-refractivity contribution in [2.75, 3.05) is 0 Å². The number of H-pyrrole nitrogens is 1. The molecule has 1 saturated carbocycles. The Hall–Kier alpha value is -2.04. The van der Waals surface area contributed by atoms with Crippen LogP contribution in [0.5, 0.6) is 0 Å². The van der Waals surface area contributed by atoms with Crippen LogP contribution in [0.3, 0.4) is 0 Å². The first-order valence-electron chi connectivity index (χ1n) is 9.59. The highest BCUT2D eigenvalue weighted by molar-refractivity contribution is 5.78. The molecule has 0 aliphatic heterocycles. The Morgan fingerprint density at radius 1 is 1.32 bits per heavy atom. The maximum Gasteiger partial charge on any atom is 0.227 e. The molecule has 2 N–H and O–H groups in total. The van der Waals surface area contributed by atoms with Crippen LogP contribution < -0.4 is 5.32 Å². The third-order valence-electron chi connectivity index (χ3n) is 5.71. The average Bonchev–Trinajstić information content (AvgIpc) is 3.22. The van der Waals surface area contributed by atoms with E-state index in [4.69, 9.17) is 9.40 Å². The van der Waals surface area contributed by atoms with Crippen LogP contribution in [0.2, 0.25) is 0 Å². The Kier molecular flexibility index (Phi) is 4.64. The summed E-state index contributed by atoms with van der Waals surface area (Å²) in [7, 11) is 0. The summed E-state index contributed by atoms with van der Waals surface area (Å²) in [5.74, 6) is 2.59. The molecule has 2 heterocycles. The van der Waals surface area contributed by atoms with Crippen LogP contribution in [-0.4, -0.2) is 21.9 Å². The number of hydrogen-bond acceptors (Lipinski definition) is 3. The Morgan fingerprint density at radius 3 is 2.92 bits per heavy atom. The molecular weight excluding hydrogens is 314 g/mol. The minimum atomic E-state index is 0.0403. The molecule has 1 unspecified atom stereocenters. The van der Waals surface area contributed by atoms with Crippen molar-refractivity contribution in [3.05, 3.63) is 40.9 Å². The van der Waals surface area contributed by atoms with Crippen LogP contribution in [0.4, 0.5) is 0 Å². The van der Waals surface area contributed by atoms with Crippen molar-refractivity contribution in [3.8, 4) is 0 Å². The monoisotopic (exact) mass is 341 g/mol. The van der Waals surface area contributed by atoms with Gasteiger partial charge in [-0.2, -0.15) is 0 Å². The molecule has 5 heteroatoms. The number of nitrogens with zero attached hydrogens (tertiary/aromatic N) is 1. The molecule has 134 valence electrons. The molecule has 2 aliphatic rings. The molecule has 5 nitrogen and oxygen atoms in total. The van der Waals surface area contributed by atoms with Gasteiger partial charge in [-0.3, -0.25) is 4.79 Å². The lowest BCUT2D eigenvalue weighted by atomic mass is 9.89. The summed E-state index contributed by atoms with van der Waals surface area (Å²) in [4.78, 5) is 20.8. The number of aromatic amines is 1. The fraction of sp³-hybridized carbons (Fsp3) is 0.600. The lowest BCUT2D eigenvalue weighted by Crippen LogP contribution is -2.39. The van der Waals surface area contributed by atoms with Gasteiger partial charge < -0.3 is 14.7 Å². The van der Waals surface area contributed by atoms with E-state index in [1.807, 2.05) is 13.0 Å². The molecule has 1 atom stereocenters. The van der Waals surface area contributed by atoms with Crippen molar-refractivity contribution in [2.24, 2.45) is 0 Å². The minimum absolute atomic E-state index is 0.0403. The van der Waals surface area contributed by atoms with Crippen LogP contribution in [0.1, 0.15) is 73.0 Å². The van der Waals surface area contributed by atoms with Crippen molar-refractivity contribution in [2.45, 2.75) is 76.7 Å². The lowest BCUT2D eigenvalue weighted by molar-refractivity contribution is -0.121. The second kappa shape index (κ2) is 7.06. The van der Waals surface area contributed by atoms with Crippen LogP contribution in [0.25, 0.3) is 0 Å². The van der Waals surface area contributed by atoms with Crippen molar-refractivity contribution in [1.82, 2.24) is 15.3 Å². The smallest absolute Gasteiger partial charge is 0.227 e. The summed E-state index contributed by atoms with van der Waals surface area (Å²) in [6.07, 6.45) is 11.2. The molecular formula is C20H27N3O2. The van der Waals surface area contributed by atoms with Gasteiger partial charge in [0.05, 0.1) is 18.4 Å². The van der Waals surface area contributed by atoms with Gasteiger partial charge in [0.15, 0.2) is 0 Å². The van der Waals surface area contributed by atoms with Gasteiger partial charge in [0.1, 0.15) is 11.6 Å². The second-order valence-corrected chi connectivity index (χ2v) is 7.59. The fourth-order valence-electron chi connectivity index (χ4n) is 4.20. The molecule has 1 fully saturated rings. The summed E-state index contributed by atoms with van der Waals surface area (Å²) < 4.78 is 5.37. The number of rotatable bonds is 4. The normalized spacial score (nSPS) is 21.1. The van der Waals surface area contributed by atoms with Crippen molar-refractivity contribution in [1.29, 1.82) is 0 Å². The number of carbonyl (C=O) groups excluding carboxylic acids is 1. The van der Waals surface area contributed by atoms with Gasteiger partial charge in [-0.05, 0) is 44.2 Å². The predicted molar refractivity (Wildman–Crippen MR) is 95.5 cm³/mol. The van der Waals surface area contributed by atoms with Crippen LogP contribution in [-0.2, 0) is 24.1 Å². The minimum Gasteiger partial charge on any atom is -0.469 e. The van der Waals surface area contributed by atoms with E-state index in [2.05, 4.69) is 10.3 Å². The van der Waals surface area contributed by atoms with Gasteiger partial charge in [-0.25, -0.2) is 4.98 Å². The van der Waals surface area contributed by atoms with E-state index in [0.29, 0.717) is 12.3 Å². The highest BCUT2D eigenvalue weighted by Crippen LogP contribution is 2.32. The van der Waals surface area contributed by atoms with Crippen molar-refractivity contribution < 1.29 is 9.21 Å². The highest BCUT2D eigenvalue weighted by atomic mass is 16.3.